The number of urea groups is 1. The predicted molar refractivity (Wildman–Crippen MR) is 108 cm³/mol. The smallest absolute Gasteiger partial charge is 0.324 e. The number of nitrogens with one attached hydrogen (secondary N) is 2. The van der Waals surface area contributed by atoms with Crippen LogP contribution in [0, 0.1) is 5.92 Å². The minimum absolute atomic E-state index is 0.123. The van der Waals surface area contributed by atoms with Gasteiger partial charge in [-0.1, -0.05) is 12.1 Å². The molecule has 164 valence electrons. The molecule has 2 N–H and O–H groups in total. The number of hydrogen-bond acceptors (Lipinski definition) is 7. The molecule has 5 atom stereocenters. The summed E-state index contributed by atoms with van der Waals surface area (Å²) in [6, 6.07) is 7.00. The summed E-state index contributed by atoms with van der Waals surface area (Å²) in [6.45, 7) is 1.79. The number of fused-ring (bicyclic) bond motifs is 2. The van der Waals surface area contributed by atoms with Gasteiger partial charge in [-0.2, -0.15) is 0 Å². The van der Waals surface area contributed by atoms with Crippen LogP contribution in [0.25, 0.3) is 0 Å². The summed E-state index contributed by atoms with van der Waals surface area (Å²) in [6.07, 6.45) is 0.711. The van der Waals surface area contributed by atoms with Gasteiger partial charge in [-0.3, -0.25) is 9.69 Å². The molecule has 1 aliphatic carbocycles. The molecule has 1 aromatic carbocycles. The van der Waals surface area contributed by atoms with E-state index in [-0.39, 0.29) is 42.2 Å². The minimum Gasteiger partial charge on any atom is -0.486 e. The molecule has 3 amide bonds. The number of para-hydroxylation sites is 2. The van der Waals surface area contributed by atoms with Crippen molar-refractivity contribution in [2.45, 2.75) is 37.2 Å². The summed E-state index contributed by atoms with van der Waals surface area (Å²) < 4.78 is 22.6. The number of imide groups is 1. The molecule has 1 saturated carbocycles. The van der Waals surface area contributed by atoms with Crippen molar-refractivity contribution in [3.8, 4) is 11.5 Å². The topological polar surface area (TPSA) is 98.4 Å². The molecule has 0 aromatic heterocycles. The zero-order valence-corrected chi connectivity index (χ0v) is 17.3. The van der Waals surface area contributed by atoms with Gasteiger partial charge in [0.25, 0.3) is 0 Å². The number of carbonyl (C=O) groups is 2. The molecular weight excluding hydrogens is 390 g/mol. The fraction of sp³-hybridized carbons (Fsp3) is 0.619. The van der Waals surface area contributed by atoms with Gasteiger partial charge in [0.15, 0.2) is 11.5 Å². The Bertz CT molecular complexity index is 775. The first-order valence-electron chi connectivity index (χ1n) is 10.4. The summed E-state index contributed by atoms with van der Waals surface area (Å²) in [5.41, 5.74) is 0. The van der Waals surface area contributed by atoms with E-state index in [4.69, 9.17) is 18.9 Å². The highest BCUT2D eigenvalue weighted by atomic mass is 16.6. The van der Waals surface area contributed by atoms with E-state index in [0.29, 0.717) is 39.1 Å². The lowest BCUT2D eigenvalue weighted by Crippen LogP contribution is -2.64. The van der Waals surface area contributed by atoms with Crippen LogP contribution in [0.3, 0.4) is 0 Å². The third-order valence-electron chi connectivity index (χ3n) is 6.07. The van der Waals surface area contributed by atoms with Crippen LogP contribution in [0.2, 0.25) is 0 Å². The Morgan fingerprint density at radius 3 is 2.63 bits per heavy atom. The zero-order chi connectivity index (χ0) is 21.1. The summed E-state index contributed by atoms with van der Waals surface area (Å²) in [5, 5.41) is 6.23. The van der Waals surface area contributed by atoms with Gasteiger partial charge in [0.1, 0.15) is 12.7 Å². The fourth-order valence-electron chi connectivity index (χ4n) is 4.43. The molecule has 1 saturated heterocycles. The Balaban J connectivity index is 1.26. The molecular formula is C21H29N3O6. The molecule has 0 bridgehead atoms. The molecule has 3 aliphatic rings. The first kappa shape index (κ1) is 20.9. The van der Waals surface area contributed by atoms with Crippen LogP contribution in [-0.2, 0) is 14.3 Å². The molecule has 9 heteroatoms. The second-order valence-corrected chi connectivity index (χ2v) is 7.87. The van der Waals surface area contributed by atoms with Crippen molar-refractivity contribution in [2.24, 2.45) is 5.92 Å². The number of carbonyl (C=O) groups excluding carboxylic acids is 2. The van der Waals surface area contributed by atoms with Gasteiger partial charge in [0.05, 0.1) is 18.1 Å². The lowest BCUT2D eigenvalue weighted by molar-refractivity contribution is -0.144. The summed E-state index contributed by atoms with van der Waals surface area (Å²) in [4.78, 5) is 26.7. The van der Waals surface area contributed by atoms with Crippen LogP contribution in [0.15, 0.2) is 24.3 Å². The number of hydrogen-bond donors (Lipinski definition) is 2. The third-order valence-corrected chi connectivity index (χ3v) is 6.07. The highest BCUT2D eigenvalue weighted by molar-refractivity contribution is 5.98. The average molecular weight is 419 g/mol. The fourth-order valence-corrected chi connectivity index (χ4v) is 4.43. The van der Waals surface area contributed by atoms with Crippen molar-refractivity contribution in [1.82, 2.24) is 15.5 Å². The Labute approximate surface area is 176 Å². The number of rotatable bonds is 7. The van der Waals surface area contributed by atoms with E-state index in [0.717, 1.165) is 11.5 Å². The maximum Gasteiger partial charge on any atom is 0.324 e. The molecule has 2 fully saturated rings. The number of methoxy groups -OCH3 is 2. The zero-order valence-electron chi connectivity index (χ0n) is 17.3. The number of benzene rings is 1. The van der Waals surface area contributed by atoms with Crippen LogP contribution >= 0.6 is 0 Å². The molecule has 30 heavy (non-hydrogen) atoms. The van der Waals surface area contributed by atoms with Crippen molar-refractivity contribution < 1.29 is 28.5 Å². The van der Waals surface area contributed by atoms with Crippen molar-refractivity contribution in [3.05, 3.63) is 24.3 Å². The van der Waals surface area contributed by atoms with E-state index in [1.54, 1.807) is 14.2 Å². The van der Waals surface area contributed by atoms with Gasteiger partial charge in [-0.05, 0) is 25.0 Å². The quantitative estimate of drug-likeness (QED) is 0.630. The standard InChI is InChI=1S/C21H29N3O6/c1-27-18-9-14-15(10-19(18)28-2)23-21(26)24(20(14)25)8-7-22-11-13-12-29-16-5-3-4-6-17(16)30-13/h3-6,13-15,18-19,22H,7-12H2,1-2H3,(H,23,26). The molecule has 2 aliphatic heterocycles. The van der Waals surface area contributed by atoms with Gasteiger partial charge >= 0.3 is 6.03 Å². The highest BCUT2D eigenvalue weighted by Gasteiger charge is 2.47. The van der Waals surface area contributed by atoms with Gasteiger partial charge in [-0.25, -0.2) is 4.79 Å². The lowest BCUT2D eigenvalue weighted by atomic mass is 9.79. The average Bonchev–Trinajstić information content (AvgIpc) is 2.77. The first-order valence-corrected chi connectivity index (χ1v) is 10.4. The Morgan fingerprint density at radius 1 is 1.13 bits per heavy atom. The summed E-state index contributed by atoms with van der Waals surface area (Å²) in [7, 11) is 3.25. The van der Waals surface area contributed by atoms with E-state index < -0.39 is 0 Å². The Kier molecular flexibility index (Phi) is 6.40. The molecule has 2 heterocycles. The van der Waals surface area contributed by atoms with Gasteiger partial charge in [-0.15, -0.1) is 0 Å². The number of ether oxygens (including phenoxy) is 4. The molecule has 4 rings (SSSR count). The summed E-state index contributed by atoms with van der Waals surface area (Å²) in [5.74, 6) is 1.04. The highest BCUT2D eigenvalue weighted by Crippen LogP contribution is 2.33. The Morgan fingerprint density at radius 2 is 1.87 bits per heavy atom. The molecule has 9 nitrogen and oxygen atoms in total. The van der Waals surface area contributed by atoms with E-state index >= 15 is 0 Å². The van der Waals surface area contributed by atoms with E-state index in [9.17, 15) is 9.59 Å². The predicted octanol–water partition coefficient (Wildman–Crippen LogP) is 0.776. The van der Waals surface area contributed by atoms with Gasteiger partial charge < -0.3 is 29.6 Å². The maximum absolute atomic E-state index is 13.0. The Hall–Kier alpha value is -2.36. The normalized spacial score (nSPS) is 30.6. The molecule has 0 radical (unpaired) electrons. The lowest BCUT2D eigenvalue weighted by Gasteiger charge is -2.44. The van der Waals surface area contributed by atoms with Crippen molar-refractivity contribution in [1.29, 1.82) is 0 Å². The second-order valence-electron chi connectivity index (χ2n) is 7.87. The second kappa shape index (κ2) is 9.20. The van der Waals surface area contributed by atoms with Crippen molar-refractivity contribution >= 4 is 11.9 Å². The van der Waals surface area contributed by atoms with Gasteiger partial charge in [0.2, 0.25) is 5.91 Å². The van der Waals surface area contributed by atoms with Crippen LogP contribution in [0.1, 0.15) is 12.8 Å². The van der Waals surface area contributed by atoms with Crippen LogP contribution in [0.5, 0.6) is 11.5 Å². The first-order chi connectivity index (χ1) is 14.6. The van der Waals surface area contributed by atoms with Crippen LogP contribution < -0.4 is 20.1 Å². The van der Waals surface area contributed by atoms with E-state index in [1.807, 2.05) is 24.3 Å². The minimum atomic E-state index is -0.347. The van der Waals surface area contributed by atoms with E-state index in [2.05, 4.69) is 10.6 Å². The SMILES string of the molecule is COC1CC2NC(=O)N(CCNCC3COc4ccccc4O3)C(=O)C2CC1OC. The summed E-state index contributed by atoms with van der Waals surface area (Å²) >= 11 is 0. The molecule has 5 unspecified atom stereocenters. The maximum atomic E-state index is 13.0. The van der Waals surface area contributed by atoms with Crippen LogP contribution in [0.4, 0.5) is 4.79 Å². The largest absolute Gasteiger partial charge is 0.486 e. The van der Waals surface area contributed by atoms with E-state index in [1.165, 1.54) is 4.90 Å². The van der Waals surface area contributed by atoms with Crippen LogP contribution in [-0.4, -0.2) is 81.7 Å². The molecule has 0 spiro atoms. The number of nitrogens with zero attached hydrogens (tertiary/aromatic N) is 1. The molecule has 1 aromatic rings. The van der Waals surface area contributed by atoms with Crippen molar-refractivity contribution in [3.63, 3.8) is 0 Å². The monoisotopic (exact) mass is 419 g/mol. The number of amides is 3. The third kappa shape index (κ3) is 4.23. The van der Waals surface area contributed by atoms with Crippen molar-refractivity contribution in [2.75, 3.05) is 40.5 Å². The van der Waals surface area contributed by atoms with Gasteiger partial charge in [0, 0.05) is 39.9 Å².